The minimum absolute atomic E-state index is 0.0478. The average molecular weight is 408 g/mol. The molecule has 5 fully saturated rings. The average Bonchev–Trinajstić information content (AvgIpc) is 2.96. The van der Waals surface area contributed by atoms with Crippen LogP contribution in [0.15, 0.2) is 11.3 Å². The van der Waals surface area contributed by atoms with Crippen molar-refractivity contribution < 1.29 is 39.1 Å². The van der Waals surface area contributed by atoms with Crippen molar-refractivity contribution in [3.63, 3.8) is 0 Å². The molecule has 2 spiro atoms. The lowest BCUT2D eigenvalue weighted by molar-refractivity contribution is -0.343. The molecule has 0 radical (unpaired) electrons. The number of methoxy groups -OCH3 is 1. The normalized spacial score (nSPS) is 60.7. The van der Waals surface area contributed by atoms with Gasteiger partial charge in [-0.15, -0.1) is 0 Å². The summed E-state index contributed by atoms with van der Waals surface area (Å²) in [5.74, 6) is -4.08. The molecule has 6 rings (SSSR count). The summed E-state index contributed by atoms with van der Waals surface area (Å²) < 4.78 is 18.2. The van der Waals surface area contributed by atoms with Crippen LogP contribution in [0.1, 0.15) is 40.5 Å². The second-order valence-electron chi connectivity index (χ2n) is 10.1. The molecule has 0 unspecified atom stereocenters. The van der Waals surface area contributed by atoms with Gasteiger partial charge in [0, 0.05) is 13.0 Å². The van der Waals surface area contributed by atoms with Gasteiger partial charge < -0.3 is 29.5 Å². The minimum atomic E-state index is -1.76. The second kappa shape index (κ2) is 5.22. The highest BCUT2D eigenvalue weighted by Crippen LogP contribution is 2.73. The van der Waals surface area contributed by atoms with Gasteiger partial charge >= 0.3 is 5.97 Å². The van der Waals surface area contributed by atoms with Crippen LogP contribution < -0.4 is 0 Å². The molecule has 3 aliphatic heterocycles. The van der Waals surface area contributed by atoms with Crippen LogP contribution in [0.4, 0.5) is 0 Å². The third-order valence-corrected chi connectivity index (χ3v) is 8.55. The van der Waals surface area contributed by atoms with Crippen LogP contribution in [0, 0.1) is 23.7 Å². The van der Waals surface area contributed by atoms with Gasteiger partial charge in [-0.05, 0) is 32.6 Å². The summed E-state index contributed by atoms with van der Waals surface area (Å²) in [4.78, 5) is 26.8. The molecular formula is C21H28O8. The number of hydrogen-bond donors (Lipinski definition) is 3. The predicted molar refractivity (Wildman–Crippen MR) is 97.7 cm³/mol. The van der Waals surface area contributed by atoms with E-state index in [4.69, 9.17) is 14.2 Å². The van der Waals surface area contributed by atoms with E-state index in [-0.39, 0.29) is 23.7 Å². The van der Waals surface area contributed by atoms with E-state index >= 15 is 0 Å². The van der Waals surface area contributed by atoms with Crippen LogP contribution in [-0.4, -0.2) is 68.8 Å². The van der Waals surface area contributed by atoms with E-state index in [9.17, 15) is 24.9 Å². The van der Waals surface area contributed by atoms with Crippen LogP contribution >= 0.6 is 0 Å². The monoisotopic (exact) mass is 408 g/mol. The van der Waals surface area contributed by atoms with E-state index in [0.29, 0.717) is 6.42 Å². The summed E-state index contributed by atoms with van der Waals surface area (Å²) >= 11 is 0. The smallest absolute Gasteiger partial charge is 0.341 e. The van der Waals surface area contributed by atoms with E-state index in [1.54, 1.807) is 13.8 Å². The SMILES string of the molecule is CO[C@H]1[C@@H]2[C@H](O)[C@@]3(C)O[C@]45/C(=C(\O)[C@@H](C)C[C@](C)(O)C(=O)[C@@H]14)C(=O)O[C@]25C[C@@H]3C. The molecule has 6 aliphatic rings. The van der Waals surface area contributed by atoms with Crippen molar-refractivity contribution in [2.24, 2.45) is 23.7 Å². The molecule has 29 heavy (non-hydrogen) atoms. The Bertz CT molecular complexity index is 863. The molecule has 8 heteroatoms. The molecule has 3 aliphatic carbocycles. The molecule has 0 aromatic rings. The third kappa shape index (κ3) is 1.78. The highest BCUT2D eigenvalue weighted by Gasteiger charge is 2.90. The Kier molecular flexibility index (Phi) is 3.51. The molecule has 3 N–H and O–H groups in total. The van der Waals surface area contributed by atoms with Crippen LogP contribution in [-0.2, 0) is 23.8 Å². The maximum Gasteiger partial charge on any atom is 0.341 e. The van der Waals surface area contributed by atoms with Gasteiger partial charge in [-0.3, -0.25) is 4.79 Å². The summed E-state index contributed by atoms with van der Waals surface area (Å²) in [5.41, 5.74) is -5.81. The van der Waals surface area contributed by atoms with Gasteiger partial charge in [0.25, 0.3) is 0 Å². The fourth-order valence-corrected chi connectivity index (χ4v) is 7.16. The lowest BCUT2D eigenvalue weighted by Gasteiger charge is -2.63. The second-order valence-corrected chi connectivity index (χ2v) is 10.1. The number of esters is 1. The lowest BCUT2D eigenvalue weighted by Crippen LogP contribution is -2.76. The van der Waals surface area contributed by atoms with E-state index in [1.807, 2.05) is 6.92 Å². The Labute approximate surface area is 168 Å². The van der Waals surface area contributed by atoms with Crippen LogP contribution in [0.3, 0.4) is 0 Å². The number of allylic oxidation sites excluding steroid dienone is 1. The van der Waals surface area contributed by atoms with Crippen molar-refractivity contribution in [3.8, 4) is 0 Å². The molecule has 4 bridgehead atoms. The van der Waals surface area contributed by atoms with E-state index < -0.39 is 64.1 Å². The van der Waals surface area contributed by atoms with Crippen molar-refractivity contribution >= 4 is 11.8 Å². The van der Waals surface area contributed by atoms with Gasteiger partial charge in [0.1, 0.15) is 16.9 Å². The van der Waals surface area contributed by atoms with Crippen molar-refractivity contribution in [3.05, 3.63) is 11.3 Å². The highest BCUT2D eigenvalue weighted by molar-refractivity contribution is 6.01. The first kappa shape index (κ1) is 19.5. The first-order valence-corrected chi connectivity index (χ1v) is 10.2. The number of aliphatic hydroxyl groups excluding tert-OH is 2. The van der Waals surface area contributed by atoms with Crippen molar-refractivity contribution in [2.75, 3.05) is 7.11 Å². The highest BCUT2D eigenvalue weighted by atomic mass is 16.6. The zero-order chi connectivity index (χ0) is 21.3. The Morgan fingerprint density at radius 3 is 2.45 bits per heavy atom. The number of ether oxygens (including phenoxy) is 3. The van der Waals surface area contributed by atoms with Crippen LogP contribution in [0.2, 0.25) is 0 Å². The van der Waals surface area contributed by atoms with Crippen molar-refractivity contribution in [1.82, 2.24) is 0 Å². The summed E-state index contributed by atoms with van der Waals surface area (Å²) in [6.45, 7) is 6.75. The first-order chi connectivity index (χ1) is 13.4. The predicted octanol–water partition coefficient (Wildman–Crippen LogP) is 0.643. The number of carbonyl (C=O) groups is 2. The van der Waals surface area contributed by atoms with Crippen molar-refractivity contribution in [2.45, 2.75) is 75.1 Å². The Morgan fingerprint density at radius 2 is 1.83 bits per heavy atom. The molecule has 10 atom stereocenters. The molecule has 0 aromatic carbocycles. The number of aliphatic hydroxyl groups is 3. The maximum atomic E-state index is 13.7. The van der Waals surface area contributed by atoms with Crippen molar-refractivity contribution in [1.29, 1.82) is 0 Å². The summed E-state index contributed by atoms with van der Waals surface area (Å²) in [6.07, 6.45) is -1.55. The maximum absolute atomic E-state index is 13.7. The summed E-state index contributed by atoms with van der Waals surface area (Å²) in [7, 11) is 1.44. The largest absolute Gasteiger partial charge is 0.511 e. The number of carbonyl (C=O) groups excluding carboxylic acids is 2. The fourth-order valence-electron chi connectivity index (χ4n) is 7.16. The number of fused-ring (bicyclic) bond motifs is 1. The van der Waals surface area contributed by atoms with Crippen LogP contribution in [0.5, 0.6) is 0 Å². The molecule has 160 valence electrons. The zero-order valence-corrected chi connectivity index (χ0v) is 17.3. The third-order valence-electron chi connectivity index (χ3n) is 8.55. The fraction of sp³-hybridized carbons (Fsp3) is 0.810. The van der Waals surface area contributed by atoms with E-state index in [2.05, 4.69) is 0 Å². The molecule has 0 aromatic heterocycles. The van der Waals surface area contributed by atoms with Gasteiger partial charge in [0.05, 0.1) is 29.6 Å². The number of hydrogen-bond acceptors (Lipinski definition) is 8. The lowest BCUT2D eigenvalue weighted by atomic mass is 9.55. The molecule has 2 saturated carbocycles. The molecular weight excluding hydrogens is 380 g/mol. The van der Waals surface area contributed by atoms with Gasteiger partial charge in [-0.1, -0.05) is 13.8 Å². The van der Waals surface area contributed by atoms with E-state index in [1.165, 1.54) is 14.0 Å². The number of rotatable bonds is 1. The summed E-state index contributed by atoms with van der Waals surface area (Å²) in [5, 5.41) is 33.4. The molecule has 8 nitrogen and oxygen atoms in total. The standard InChI is InChI=1S/C21H28O8/c1-8-6-18(3,26)15(23)12-14(27-5)11-16(24)19(4)9(2)7-20(11)21(12,29-19)10(13(8)22)17(25)28-20/h8-9,11-12,14,16,22,24,26H,6-7H2,1-5H3/b13-10-/t8-,9-,11+,12+,14-,16-,18-,19-,20+,21+/m0/s1. The quantitative estimate of drug-likeness (QED) is 0.541. The first-order valence-electron chi connectivity index (χ1n) is 10.2. The topological polar surface area (TPSA) is 123 Å². The Hall–Kier alpha value is -1.48. The number of ketones is 1. The van der Waals surface area contributed by atoms with Gasteiger partial charge in [-0.2, -0.15) is 0 Å². The minimum Gasteiger partial charge on any atom is -0.511 e. The molecule has 3 saturated heterocycles. The summed E-state index contributed by atoms with van der Waals surface area (Å²) in [6, 6.07) is 0. The number of Topliss-reactive ketones (excluding diaryl/α,β-unsaturated/α-hetero) is 1. The molecule has 0 amide bonds. The van der Waals surface area contributed by atoms with E-state index in [0.717, 1.165) is 0 Å². The Balaban J connectivity index is 1.90. The van der Waals surface area contributed by atoms with Gasteiger partial charge in [-0.25, -0.2) is 4.79 Å². The van der Waals surface area contributed by atoms with Crippen LogP contribution in [0.25, 0.3) is 0 Å². The van der Waals surface area contributed by atoms with Gasteiger partial charge in [0.15, 0.2) is 17.0 Å². The van der Waals surface area contributed by atoms with Gasteiger partial charge in [0.2, 0.25) is 0 Å². The molecule has 3 heterocycles. The Morgan fingerprint density at radius 1 is 1.17 bits per heavy atom. The zero-order valence-electron chi connectivity index (χ0n) is 17.3.